The molecule has 0 atom stereocenters. The first-order valence-corrected chi connectivity index (χ1v) is 8.03. The first-order chi connectivity index (χ1) is 11.6. The quantitative estimate of drug-likeness (QED) is 0.893. The Bertz CT molecular complexity index is 705. The van der Waals surface area contributed by atoms with Crippen LogP contribution in [0.2, 0.25) is 0 Å². The molecular formula is C16H20N6O2. The molecule has 1 aliphatic carbocycles. The Labute approximate surface area is 139 Å². The number of aromatic nitrogens is 4. The van der Waals surface area contributed by atoms with E-state index in [-0.39, 0.29) is 11.8 Å². The molecule has 1 aromatic carbocycles. The van der Waals surface area contributed by atoms with Crippen molar-refractivity contribution in [3.05, 3.63) is 30.6 Å². The lowest BCUT2D eigenvalue weighted by atomic mass is 9.81. The average Bonchev–Trinajstić information content (AvgIpc) is 3.12. The van der Waals surface area contributed by atoms with Gasteiger partial charge in [0.15, 0.2) is 0 Å². The lowest BCUT2D eigenvalue weighted by Crippen LogP contribution is -2.47. The number of nitrogens with zero attached hydrogens (tertiary/aromatic N) is 4. The summed E-state index contributed by atoms with van der Waals surface area (Å²) < 4.78 is 1.58. The predicted octanol–water partition coefficient (Wildman–Crippen LogP) is 1.93. The van der Waals surface area contributed by atoms with Gasteiger partial charge in [0, 0.05) is 18.3 Å². The molecule has 2 aromatic rings. The first kappa shape index (κ1) is 16.1. The monoisotopic (exact) mass is 328 g/mol. The van der Waals surface area contributed by atoms with Crippen molar-refractivity contribution < 1.29 is 9.59 Å². The van der Waals surface area contributed by atoms with Gasteiger partial charge in [-0.25, -0.2) is 4.68 Å². The fraction of sp³-hybridized carbons (Fsp3) is 0.438. The summed E-state index contributed by atoms with van der Waals surface area (Å²) >= 11 is 0. The molecule has 1 fully saturated rings. The van der Waals surface area contributed by atoms with E-state index in [1.807, 2.05) is 0 Å². The van der Waals surface area contributed by atoms with E-state index in [0.29, 0.717) is 24.2 Å². The zero-order valence-corrected chi connectivity index (χ0v) is 13.5. The van der Waals surface area contributed by atoms with Crippen LogP contribution in [0.3, 0.4) is 0 Å². The fourth-order valence-electron chi connectivity index (χ4n) is 3.14. The average molecular weight is 328 g/mol. The van der Waals surface area contributed by atoms with E-state index in [2.05, 4.69) is 26.2 Å². The summed E-state index contributed by atoms with van der Waals surface area (Å²) in [5, 5.41) is 17.0. The van der Waals surface area contributed by atoms with Crippen LogP contribution in [0.4, 0.5) is 11.4 Å². The second-order valence-corrected chi connectivity index (χ2v) is 6.06. The SMILES string of the molecule is CC(=O)Nc1ccc(NC(=O)C2(n3cnnn3)CCCCC2)cc1. The molecule has 1 aromatic heterocycles. The number of benzene rings is 1. The highest BCUT2D eigenvalue weighted by Gasteiger charge is 2.42. The van der Waals surface area contributed by atoms with Crippen LogP contribution in [-0.4, -0.2) is 32.0 Å². The molecule has 1 saturated carbocycles. The number of tetrazole rings is 1. The lowest BCUT2D eigenvalue weighted by molar-refractivity contribution is -0.127. The summed E-state index contributed by atoms with van der Waals surface area (Å²) in [5.41, 5.74) is 0.624. The number of hydrogen-bond acceptors (Lipinski definition) is 5. The first-order valence-electron chi connectivity index (χ1n) is 8.03. The predicted molar refractivity (Wildman–Crippen MR) is 88.3 cm³/mol. The van der Waals surface area contributed by atoms with Crippen LogP contribution >= 0.6 is 0 Å². The van der Waals surface area contributed by atoms with Gasteiger partial charge in [0.05, 0.1) is 0 Å². The molecule has 0 aliphatic heterocycles. The Morgan fingerprint density at radius 2 is 1.67 bits per heavy atom. The molecule has 1 heterocycles. The second-order valence-electron chi connectivity index (χ2n) is 6.06. The molecule has 8 nitrogen and oxygen atoms in total. The van der Waals surface area contributed by atoms with Crippen molar-refractivity contribution in [2.75, 3.05) is 10.6 Å². The number of anilines is 2. The maximum absolute atomic E-state index is 13.0. The number of hydrogen-bond donors (Lipinski definition) is 2. The Hall–Kier alpha value is -2.77. The maximum Gasteiger partial charge on any atom is 0.252 e. The van der Waals surface area contributed by atoms with E-state index in [1.54, 1.807) is 28.9 Å². The van der Waals surface area contributed by atoms with Crippen molar-refractivity contribution in [1.82, 2.24) is 20.2 Å². The van der Waals surface area contributed by atoms with E-state index in [9.17, 15) is 9.59 Å². The second kappa shape index (κ2) is 6.77. The van der Waals surface area contributed by atoms with E-state index >= 15 is 0 Å². The topological polar surface area (TPSA) is 102 Å². The van der Waals surface area contributed by atoms with Gasteiger partial charge in [-0.1, -0.05) is 19.3 Å². The minimum Gasteiger partial charge on any atom is -0.326 e. The lowest BCUT2D eigenvalue weighted by Gasteiger charge is -2.35. The van der Waals surface area contributed by atoms with Gasteiger partial charge >= 0.3 is 0 Å². The summed E-state index contributed by atoms with van der Waals surface area (Å²) in [5.74, 6) is -0.242. The van der Waals surface area contributed by atoms with Gasteiger partial charge in [0.2, 0.25) is 5.91 Å². The number of rotatable bonds is 4. The molecule has 3 rings (SSSR count). The van der Waals surface area contributed by atoms with Crippen LogP contribution in [0.25, 0.3) is 0 Å². The molecule has 1 aliphatic rings. The van der Waals surface area contributed by atoms with Crippen LogP contribution in [0.5, 0.6) is 0 Å². The maximum atomic E-state index is 13.0. The smallest absolute Gasteiger partial charge is 0.252 e. The standard InChI is InChI=1S/C16H20N6O2/c1-12(23)18-13-5-7-14(8-6-13)19-15(24)16(9-3-2-4-10-16)22-11-17-20-21-22/h5-8,11H,2-4,9-10H2,1H3,(H,18,23)(H,19,24). The molecule has 2 amide bonds. The summed E-state index contributed by atoms with van der Waals surface area (Å²) in [6.45, 7) is 1.45. The van der Waals surface area contributed by atoms with E-state index < -0.39 is 5.54 Å². The number of nitrogens with one attached hydrogen (secondary N) is 2. The van der Waals surface area contributed by atoms with Gasteiger partial charge < -0.3 is 10.6 Å². The van der Waals surface area contributed by atoms with Crippen LogP contribution in [0.15, 0.2) is 30.6 Å². The van der Waals surface area contributed by atoms with Crippen LogP contribution in [0, 0.1) is 0 Å². The highest BCUT2D eigenvalue weighted by molar-refractivity contribution is 5.97. The Balaban J connectivity index is 1.77. The minimum absolute atomic E-state index is 0.109. The van der Waals surface area contributed by atoms with Crippen LogP contribution in [-0.2, 0) is 15.1 Å². The summed E-state index contributed by atoms with van der Waals surface area (Å²) in [6.07, 6.45) is 5.98. The van der Waals surface area contributed by atoms with Crippen molar-refractivity contribution in [2.24, 2.45) is 0 Å². The third-order valence-electron chi connectivity index (χ3n) is 4.35. The van der Waals surface area contributed by atoms with Gasteiger partial charge in [-0.3, -0.25) is 9.59 Å². The molecule has 0 saturated heterocycles. The molecule has 0 unspecified atom stereocenters. The molecule has 8 heteroatoms. The van der Waals surface area contributed by atoms with Gasteiger partial charge in [-0.05, 0) is 47.5 Å². The number of carbonyl (C=O) groups is 2. The van der Waals surface area contributed by atoms with Crippen LogP contribution in [0.1, 0.15) is 39.0 Å². The van der Waals surface area contributed by atoms with Gasteiger partial charge in [-0.2, -0.15) is 0 Å². The van der Waals surface area contributed by atoms with Gasteiger partial charge in [0.1, 0.15) is 11.9 Å². The fourth-order valence-corrected chi connectivity index (χ4v) is 3.14. The Morgan fingerprint density at radius 1 is 1.04 bits per heavy atom. The molecule has 0 bridgehead atoms. The Morgan fingerprint density at radius 3 is 2.21 bits per heavy atom. The molecule has 0 spiro atoms. The zero-order chi connectivity index (χ0) is 17.0. The summed E-state index contributed by atoms with van der Waals surface area (Å²) in [6, 6.07) is 7.03. The van der Waals surface area contributed by atoms with Gasteiger partial charge in [0.25, 0.3) is 5.91 Å². The Kier molecular flexibility index (Phi) is 4.54. The van der Waals surface area contributed by atoms with E-state index in [4.69, 9.17) is 0 Å². The van der Waals surface area contributed by atoms with Crippen molar-refractivity contribution in [3.63, 3.8) is 0 Å². The highest BCUT2D eigenvalue weighted by atomic mass is 16.2. The van der Waals surface area contributed by atoms with Crippen molar-refractivity contribution in [3.8, 4) is 0 Å². The van der Waals surface area contributed by atoms with Crippen molar-refractivity contribution in [2.45, 2.75) is 44.6 Å². The van der Waals surface area contributed by atoms with Crippen molar-refractivity contribution in [1.29, 1.82) is 0 Å². The van der Waals surface area contributed by atoms with Crippen LogP contribution < -0.4 is 10.6 Å². The molecule has 0 radical (unpaired) electrons. The summed E-state index contributed by atoms with van der Waals surface area (Å²) in [4.78, 5) is 24.0. The van der Waals surface area contributed by atoms with E-state index in [0.717, 1.165) is 19.3 Å². The largest absolute Gasteiger partial charge is 0.326 e. The molecule has 126 valence electrons. The molecule has 24 heavy (non-hydrogen) atoms. The molecular weight excluding hydrogens is 308 g/mol. The third kappa shape index (κ3) is 3.27. The van der Waals surface area contributed by atoms with Crippen molar-refractivity contribution >= 4 is 23.2 Å². The van der Waals surface area contributed by atoms with Gasteiger partial charge in [-0.15, -0.1) is 5.10 Å². The van der Waals surface area contributed by atoms with E-state index in [1.165, 1.54) is 13.3 Å². The molecule has 2 N–H and O–H groups in total. The number of carbonyl (C=O) groups excluding carboxylic acids is 2. The zero-order valence-electron chi connectivity index (χ0n) is 13.5. The highest BCUT2D eigenvalue weighted by Crippen LogP contribution is 2.35. The normalized spacial score (nSPS) is 16.4. The number of amides is 2. The minimum atomic E-state index is -0.738. The third-order valence-corrected chi connectivity index (χ3v) is 4.35. The summed E-state index contributed by atoms with van der Waals surface area (Å²) in [7, 11) is 0.